The van der Waals surface area contributed by atoms with E-state index >= 15 is 0 Å². The minimum Gasteiger partial charge on any atom is -0.444 e. The van der Waals surface area contributed by atoms with Gasteiger partial charge in [0.2, 0.25) is 5.89 Å². The molecule has 0 fully saturated rings. The first-order valence-electron chi connectivity index (χ1n) is 5.34. The van der Waals surface area contributed by atoms with Crippen LogP contribution < -0.4 is 0 Å². The molecule has 0 aliphatic carbocycles. The second-order valence-corrected chi connectivity index (χ2v) is 4.03. The van der Waals surface area contributed by atoms with E-state index in [1.807, 2.05) is 38.1 Å². The van der Waals surface area contributed by atoms with Gasteiger partial charge in [0.25, 0.3) is 0 Å². The summed E-state index contributed by atoms with van der Waals surface area (Å²) in [6.45, 7) is 4.04. The summed E-state index contributed by atoms with van der Waals surface area (Å²) in [4.78, 5) is 4.35. The highest BCUT2D eigenvalue weighted by Crippen LogP contribution is 2.22. The van der Waals surface area contributed by atoms with Crippen LogP contribution in [0.5, 0.6) is 0 Å². The number of oxazole rings is 1. The number of aliphatic hydroxyl groups excluding tert-OH is 1. The van der Waals surface area contributed by atoms with Gasteiger partial charge in [-0.2, -0.15) is 0 Å². The lowest BCUT2D eigenvalue weighted by Crippen LogP contribution is -1.98. The van der Waals surface area contributed by atoms with Gasteiger partial charge in [-0.05, 0) is 19.1 Å². The van der Waals surface area contributed by atoms with Crippen molar-refractivity contribution in [2.24, 2.45) is 0 Å². The molecule has 0 amide bonds. The lowest BCUT2D eigenvalue weighted by molar-refractivity contribution is 0.271. The standard InChI is InChI=1S/C13H15NO2/c1-9-3-5-11(6-4-9)13-14-12(8-16-13)10(2)7-15/h3-6,8,10,15H,7H2,1-2H3. The van der Waals surface area contributed by atoms with Gasteiger partial charge in [0.1, 0.15) is 6.26 Å². The second-order valence-electron chi connectivity index (χ2n) is 4.03. The highest BCUT2D eigenvalue weighted by atomic mass is 16.3. The van der Waals surface area contributed by atoms with Gasteiger partial charge >= 0.3 is 0 Å². The zero-order valence-corrected chi connectivity index (χ0v) is 9.47. The molecule has 1 N–H and O–H groups in total. The molecule has 3 nitrogen and oxygen atoms in total. The van der Waals surface area contributed by atoms with Gasteiger partial charge in [0.05, 0.1) is 12.3 Å². The van der Waals surface area contributed by atoms with Gasteiger partial charge in [-0.3, -0.25) is 0 Å². The Morgan fingerprint density at radius 3 is 2.62 bits per heavy atom. The van der Waals surface area contributed by atoms with Crippen LogP contribution in [0.2, 0.25) is 0 Å². The lowest BCUT2D eigenvalue weighted by Gasteiger charge is -2.00. The van der Waals surface area contributed by atoms with Crippen molar-refractivity contribution in [2.45, 2.75) is 19.8 Å². The maximum atomic E-state index is 9.02. The van der Waals surface area contributed by atoms with Crippen LogP contribution in [0.15, 0.2) is 34.9 Å². The van der Waals surface area contributed by atoms with E-state index in [-0.39, 0.29) is 12.5 Å². The number of hydrogen-bond acceptors (Lipinski definition) is 3. The fourth-order valence-electron chi connectivity index (χ4n) is 1.43. The van der Waals surface area contributed by atoms with E-state index in [1.165, 1.54) is 5.56 Å². The van der Waals surface area contributed by atoms with Crippen LogP contribution in [-0.4, -0.2) is 16.7 Å². The van der Waals surface area contributed by atoms with Gasteiger partial charge in [-0.1, -0.05) is 24.6 Å². The third-order valence-corrected chi connectivity index (χ3v) is 2.60. The van der Waals surface area contributed by atoms with Crippen molar-refractivity contribution < 1.29 is 9.52 Å². The van der Waals surface area contributed by atoms with Gasteiger partial charge < -0.3 is 9.52 Å². The quantitative estimate of drug-likeness (QED) is 0.859. The Balaban J connectivity index is 2.28. The molecule has 0 aliphatic rings. The molecule has 0 radical (unpaired) electrons. The number of benzene rings is 1. The molecule has 3 heteroatoms. The van der Waals surface area contributed by atoms with E-state index in [4.69, 9.17) is 9.52 Å². The number of hydrogen-bond donors (Lipinski definition) is 1. The highest BCUT2D eigenvalue weighted by Gasteiger charge is 2.11. The van der Waals surface area contributed by atoms with Crippen LogP contribution in [0.25, 0.3) is 11.5 Å². The molecule has 1 atom stereocenters. The first-order valence-corrected chi connectivity index (χ1v) is 5.34. The molecule has 0 saturated heterocycles. The lowest BCUT2D eigenvalue weighted by atomic mass is 10.1. The van der Waals surface area contributed by atoms with E-state index < -0.39 is 0 Å². The molecular formula is C13H15NO2. The molecule has 2 rings (SSSR count). The van der Waals surface area contributed by atoms with Crippen molar-refractivity contribution in [3.8, 4) is 11.5 Å². The predicted octanol–water partition coefficient (Wildman–Crippen LogP) is 2.75. The summed E-state index contributed by atoms with van der Waals surface area (Å²) in [7, 11) is 0. The Kier molecular flexibility index (Phi) is 3.06. The number of aliphatic hydroxyl groups is 1. The minimum absolute atomic E-state index is 0.0166. The van der Waals surface area contributed by atoms with E-state index in [0.29, 0.717) is 5.89 Å². The first kappa shape index (κ1) is 10.9. The van der Waals surface area contributed by atoms with Crippen LogP contribution in [0, 0.1) is 6.92 Å². The molecule has 84 valence electrons. The Labute approximate surface area is 94.8 Å². The summed E-state index contributed by atoms with van der Waals surface area (Å²) < 4.78 is 5.39. The third kappa shape index (κ3) is 2.14. The van der Waals surface area contributed by atoms with Crippen LogP contribution in [-0.2, 0) is 0 Å². The van der Waals surface area contributed by atoms with Gasteiger partial charge in [0, 0.05) is 11.5 Å². The maximum absolute atomic E-state index is 9.02. The molecular weight excluding hydrogens is 202 g/mol. The predicted molar refractivity (Wildman–Crippen MR) is 62.2 cm³/mol. The second kappa shape index (κ2) is 4.49. The topological polar surface area (TPSA) is 46.3 Å². The van der Waals surface area contributed by atoms with Crippen LogP contribution in [0.3, 0.4) is 0 Å². The molecule has 16 heavy (non-hydrogen) atoms. The van der Waals surface area contributed by atoms with E-state index in [0.717, 1.165) is 11.3 Å². The molecule has 1 heterocycles. The molecule has 1 unspecified atom stereocenters. The monoisotopic (exact) mass is 217 g/mol. The fourth-order valence-corrected chi connectivity index (χ4v) is 1.43. The molecule has 0 spiro atoms. The number of nitrogens with zero attached hydrogens (tertiary/aromatic N) is 1. The SMILES string of the molecule is Cc1ccc(-c2nc(C(C)CO)co2)cc1. The molecule has 2 aromatic rings. The van der Waals surface area contributed by atoms with Crippen molar-refractivity contribution in [1.29, 1.82) is 0 Å². The summed E-state index contributed by atoms with van der Waals surface area (Å²) >= 11 is 0. The highest BCUT2D eigenvalue weighted by molar-refractivity contribution is 5.53. The summed E-state index contributed by atoms with van der Waals surface area (Å²) in [5.41, 5.74) is 2.96. The number of aromatic nitrogens is 1. The van der Waals surface area contributed by atoms with Gasteiger partial charge in [0.15, 0.2) is 0 Å². The van der Waals surface area contributed by atoms with Crippen molar-refractivity contribution in [3.05, 3.63) is 41.8 Å². The Morgan fingerprint density at radius 1 is 1.31 bits per heavy atom. The first-order chi connectivity index (χ1) is 7.70. The van der Waals surface area contributed by atoms with Crippen LogP contribution in [0.1, 0.15) is 24.1 Å². The number of aryl methyl sites for hydroxylation is 1. The van der Waals surface area contributed by atoms with Gasteiger partial charge in [-0.25, -0.2) is 4.98 Å². The summed E-state index contributed by atoms with van der Waals surface area (Å²) in [6, 6.07) is 8.01. The van der Waals surface area contributed by atoms with Crippen molar-refractivity contribution >= 4 is 0 Å². The van der Waals surface area contributed by atoms with E-state index in [9.17, 15) is 0 Å². The zero-order valence-electron chi connectivity index (χ0n) is 9.47. The molecule has 1 aromatic heterocycles. The normalized spacial score (nSPS) is 12.7. The van der Waals surface area contributed by atoms with Crippen molar-refractivity contribution in [3.63, 3.8) is 0 Å². The smallest absolute Gasteiger partial charge is 0.226 e. The molecule has 0 bridgehead atoms. The van der Waals surface area contributed by atoms with Crippen molar-refractivity contribution in [1.82, 2.24) is 4.98 Å². The zero-order chi connectivity index (χ0) is 11.5. The summed E-state index contributed by atoms with van der Waals surface area (Å²) in [6.07, 6.45) is 1.61. The fraction of sp³-hybridized carbons (Fsp3) is 0.308. The maximum Gasteiger partial charge on any atom is 0.226 e. The molecule has 0 saturated carbocycles. The van der Waals surface area contributed by atoms with Gasteiger partial charge in [-0.15, -0.1) is 0 Å². The summed E-state index contributed by atoms with van der Waals surface area (Å²) in [5.74, 6) is 0.623. The van der Waals surface area contributed by atoms with Crippen LogP contribution in [0.4, 0.5) is 0 Å². The molecule has 0 aliphatic heterocycles. The molecule has 1 aromatic carbocycles. The van der Waals surface area contributed by atoms with Crippen LogP contribution >= 0.6 is 0 Å². The third-order valence-electron chi connectivity index (χ3n) is 2.60. The van der Waals surface area contributed by atoms with E-state index in [1.54, 1.807) is 6.26 Å². The Morgan fingerprint density at radius 2 is 2.00 bits per heavy atom. The minimum atomic E-state index is 0.0166. The average Bonchev–Trinajstić information content (AvgIpc) is 2.78. The largest absolute Gasteiger partial charge is 0.444 e. The van der Waals surface area contributed by atoms with E-state index in [2.05, 4.69) is 4.98 Å². The Hall–Kier alpha value is -1.61. The Bertz CT molecular complexity index is 459. The van der Waals surface area contributed by atoms with Crippen molar-refractivity contribution in [2.75, 3.05) is 6.61 Å². The summed E-state index contributed by atoms with van der Waals surface area (Å²) in [5, 5.41) is 9.02. The number of rotatable bonds is 3. The average molecular weight is 217 g/mol.